The monoisotopic (exact) mass is 294 g/mol. The van der Waals surface area contributed by atoms with Crippen molar-refractivity contribution in [1.29, 1.82) is 0 Å². The summed E-state index contributed by atoms with van der Waals surface area (Å²) in [7, 11) is 0. The molecule has 0 spiro atoms. The molecule has 0 fully saturated rings. The number of nitrogens with two attached hydrogens (primary N) is 1. The van der Waals surface area contributed by atoms with E-state index in [-0.39, 0.29) is 11.9 Å². The molecule has 0 aliphatic carbocycles. The third-order valence-electron chi connectivity index (χ3n) is 3.76. The largest absolute Gasteiger partial charge is 0.399 e. The summed E-state index contributed by atoms with van der Waals surface area (Å²) in [6.45, 7) is 1.98. The standard InChI is InChI=1S/C18H18N2O2/c1-2-16(13-6-4-3-5-7-13)18(21)22-20-11-10-14-12-15(19)8-9-17(14)20/h3-12,16H,2,19H2,1H3. The van der Waals surface area contributed by atoms with Crippen molar-refractivity contribution in [2.24, 2.45) is 0 Å². The first-order valence-electron chi connectivity index (χ1n) is 7.32. The van der Waals surface area contributed by atoms with Gasteiger partial charge in [-0.05, 0) is 36.2 Å². The summed E-state index contributed by atoms with van der Waals surface area (Å²) >= 11 is 0. The Morgan fingerprint density at radius 2 is 1.95 bits per heavy atom. The lowest BCUT2D eigenvalue weighted by molar-refractivity contribution is -0.145. The fourth-order valence-electron chi connectivity index (χ4n) is 2.60. The summed E-state index contributed by atoms with van der Waals surface area (Å²) in [5.74, 6) is -0.532. The fourth-order valence-corrected chi connectivity index (χ4v) is 2.60. The number of carbonyl (C=O) groups is 1. The number of hydrogen-bond acceptors (Lipinski definition) is 3. The quantitative estimate of drug-likeness (QED) is 0.751. The van der Waals surface area contributed by atoms with E-state index in [1.54, 1.807) is 12.3 Å². The Balaban J connectivity index is 1.86. The molecule has 3 aromatic rings. The van der Waals surface area contributed by atoms with Crippen molar-refractivity contribution in [3.63, 3.8) is 0 Å². The van der Waals surface area contributed by atoms with Crippen LogP contribution in [-0.2, 0) is 4.79 Å². The molecule has 2 aromatic carbocycles. The zero-order valence-electron chi connectivity index (χ0n) is 12.4. The SMILES string of the molecule is CCC(C(=O)On1ccc2cc(N)ccc21)c1ccccc1. The van der Waals surface area contributed by atoms with Gasteiger partial charge in [-0.25, -0.2) is 4.79 Å². The molecule has 2 N–H and O–H groups in total. The first kappa shape index (κ1) is 14.2. The van der Waals surface area contributed by atoms with E-state index in [1.807, 2.05) is 55.5 Å². The molecule has 4 heteroatoms. The molecule has 22 heavy (non-hydrogen) atoms. The Morgan fingerprint density at radius 3 is 2.68 bits per heavy atom. The number of hydrogen-bond donors (Lipinski definition) is 1. The normalized spacial score (nSPS) is 12.2. The van der Waals surface area contributed by atoms with Crippen molar-refractivity contribution in [3.8, 4) is 0 Å². The Morgan fingerprint density at radius 1 is 1.18 bits per heavy atom. The van der Waals surface area contributed by atoms with Crippen LogP contribution in [0.3, 0.4) is 0 Å². The van der Waals surface area contributed by atoms with Crippen LogP contribution in [0.15, 0.2) is 60.8 Å². The summed E-state index contributed by atoms with van der Waals surface area (Å²) in [6, 6.07) is 17.1. The third-order valence-corrected chi connectivity index (χ3v) is 3.76. The van der Waals surface area contributed by atoms with Crippen LogP contribution in [0.4, 0.5) is 5.69 Å². The van der Waals surface area contributed by atoms with Gasteiger partial charge in [-0.3, -0.25) is 0 Å². The smallest absolute Gasteiger partial charge is 0.340 e. The summed E-state index contributed by atoms with van der Waals surface area (Å²) in [5.41, 5.74) is 8.24. The molecule has 0 saturated carbocycles. The minimum absolute atomic E-state index is 0.261. The third kappa shape index (κ3) is 2.68. The van der Waals surface area contributed by atoms with Gasteiger partial charge in [0.15, 0.2) is 0 Å². The first-order valence-corrected chi connectivity index (χ1v) is 7.32. The number of nitrogens with zero attached hydrogens (tertiary/aromatic N) is 1. The van der Waals surface area contributed by atoms with Crippen molar-refractivity contribution in [2.45, 2.75) is 19.3 Å². The van der Waals surface area contributed by atoms with Gasteiger partial charge in [-0.1, -0.05) is 37.3 Å². The maximum atomic E-state index is 12.5. The number of carbonyl (C=O) groups excluding carboxylic acids is 1. The first-order chi connectivity index (χ1) is 10.7. The number of fused-ring (bicyclic) bond motifs is 1. The van der Waals surface area contributed by atoms with Gasteiger partial charge in [-0.2, -0.15) is 4.73 Å². The predicted octanol–water partition coefficient (Wildman–Crippen LogP) is 3.37. The number of benzene rings is 2. The van der Waals surface area contributed by atoms with Crippen LogP contribution >= 0.6 is 0 Å². The van der Waals surface area contributed by atoms with Crippen molar-refractivity contribution in [1.82, 2.24) is 4.73 Å². The predicted molar refractivity (Wildman–Crippen MR) is 87.4 cm³/mol. The Bertz CT molecular complexity index is 793. The van der Waals surface area contributed by atoms with Crippen molar-refractivity contribution in [3.05, 3.63) is 66.4 Å². The second-order valence-electron chi connectivity index (χ2n) is 5.24. The second kappa shape index (κ2) is 5.93. The lowest BCUT2D eigenvalue weighted by Crippen LogP contribution is -2.25. The molecule has 3 rings (SSSR count). The average Bonchev–Trinajstić information content (AvgIpc) is 2.91. The number of nitrogen functional groups attached to an aromatic ring is 1. The van der Waals surface area contributed by atoms with E-state index in [2.05, 4.69) is 0 Å². The molecule has 1 atom stereocenters. The van der Waals surface area contributed by atoms with Crippen LogP contribution in [-0.4, -0.2) is 10.7 Å². The molecule has 0 amide bonds. The number of rotatable bonds is 4. The van der Waals surface area contributed by atoms with Crippen LogP contribution in [0, 0.1) is 0 Å². The molecule has 1 aromatic heterocycles. The molecule has 0 radical (unpaired) electrons. The van der Waals surface area contributed by atoms with Gasteiger partial charge in [0.2, 0.25) is 0 Å². The Kier molecular flexibility index (Phi) is 3.83. The maximum Gasteiger partial charge on any atom is 0.340 e. The van der Waals surface area contributed by atoms with E-state index >= 15 is 0 Å². The van der Waals surface area contributed by atoms with Crippen molar-refractivity contribution < 1.29 is 9.63 Å². The fraction of sp³-hybridized carbons (Fsp3) is 0.167. The van der Waals surface area contributed by atoms with Gasteiger partial charge in [-0.15, -0.1) is 0 Å². The van der Waals surface area contributed by atoms with Crippen LogP contribution in [0.2, 0.25) is 0 Å². The molecule has 1 heterocycles. The van der Waals surface area contributed by atoms with Crippen LogP contribution in [0.1, 0.15) is 24.8 Å². The van der Waals surface area contributed by atoms with E-state index in [4.69, 9.17) is 10.6 Å². The minimum atomic E-state index is -0.271. The lowest BCUT2D eigenvalue weighted by atomic mass is 9.97. The van der Waals surface area contributed by atoms with Gasteiger partial charge in [0.25, 0.3) is 0 Å². The van der Waals surface area contributed by atoms with E-state index in [0.29, 0.717) is 12.1 Å². The van der Waals surface area contributed by atoms with E-state index < -0.39 is 0 Å². The van der Waals surface area contributed by atoms with Crippen molar-refractivity contribution >= 4 is 22.6 Å². The molecule has 4 nitrogen and oxygen atoms in total. The summed E-state index contributed by atoms with van der Waals surface area (Å²) in [5, 5.41) is 0.945. The van der Waals surface area contributed by atoms with E-state index in [9.17, 15) is 4.79 Å². The summed E-state index contributed by atoms with van der Waals surface area (Å²) in [4.78, 5) is 18.0. The summed E-state index contributed by atoms with van der Waals surface area (Å²) in [6.07, 6.45) is 2.43. The topological polar surface area (TPSA) is 57.2 Å². The van der Waals surface area contributed by atoms with Crippen LogP contribution < -0.4 is 10.6 Å². The lowest BCUT2D eigenvalue weighted by Gasteiger charge is -2.14. The highest BCUT2D eigenvalue weighted by Gasteiger charge is 2.21. The molecule has 0 saturated heterocycles. The molecular weight excluding hydrogens is 276 g/mol. The van der Waals surface area contributed by atoms with Crippen molar-refractivity contribution in [2.75, 3.05) is 5.73 Å². The zero-order valence-corrected chi connectivity index (χ0v) is 12.4. The van der Waals surface area contributed by atoms with Gasteiger partial charge < -0.3 is 10.6 Å². The second-order valence-corrected chi connectivity index (χ2v) is 5.24. The highest BCUT2D eigenvalue weighted by atomic mass is 16.7. The minimum Gasteiger partial charge on any atom is -0.399 e. The van der Waals surface area contributed by atoms with Gasteiger partial charge >= 0.3 is 5.97 Å². The molecular formula is C18H18N2O2. The average molecular weight is 294 g/mol. The summed E-state index contributed by atoms with van der Waals surface area (Å²) < 4.78 is 1.50. The molecule has 0 bridgehead atoms. The number of anilines is 1. The van der Waals surface area contributed by atoms with E-state index in [0.717, 1.165) is 16.5 Å². The number of aromatic nitrogens is 1. The van der Waals surface area contributed by atoms with Gasteiger partial charge in [0.05, 0.1) is 11.4 Å². The van der Waals surface area contributed by atoms with Gasteiger partial charge in [0, 0.05) is 17.3 Å². The van der Waals surface area contributed by atoms with Gasteiger partial charge in [0.1, 0.15) is 0 Å². The molecule has 1 unspecified atom stereocenters. The zero-order chi connectivity index (χ0) is 15.5. The van der Waals surface area contributed by atoms with Crippen LogP contribution in [0.25, 0.3) is 10.9 Å². The Labute approximate surface area is 129 Å². The molecule has 112 valence electrons. The maximum absolute atomic E-state index is 12.5. The highest BCUT2D eigenvalue weighted by Crippen LogP contribution is 2.22. The molecule has 0 aliphatic heterocycles. The highest BCUT2D eigenvalue weighted by molar-refractivity contribution is 5.84. The molecule has 0 aliphatic rings. The van der Waals surface area contributed by atoms with Crippen LogP contribution in [0.5, 0.6) is 0 Å². The van der Waals surface area contributed by atoms with E-state index in [1.165, 1.54) is 4.73 Å². The Hall–Kier alpha value is -2.75.